The molecule has 0 aromatic heterocycles. The minimum atomic E-state index is -2.83. The maximum atomic E-state index is 13.6. The Kier molecular flexibility index (Phi) is 4.73. The van der Waals surface area contributed by atoms with Crippen molar-refractivity contribution in [1.82, 2.24) is 4.42 Å². The van der Waals surface area contributed by atoms with Crippen LogP contribution in [0.2, 0.25) is 0 Å². The lowest BCUT2D eigenvalue weighted by Crippen LogP contribution is -2.66. The van der Waals surface area contributed by atoms with E-state index in [1.54, 1.807) is 0 Å². The fourth-order valence-corrected chi connectivity index (χ4v) is 5.54. The lowest BCUT2D eigenvalue weighted by molar-refractivity contribution is -0.157. The van der Waals surface area contributed by atoms with Crippen LogP contribution < -0.4 is 5.73 Å². The van der Waals surface area contributed by atoms with E-state index in [9.17, 15) is 39.9 Å². The number of Topliss-reactive ketones (excluding diaryl/α,β-unsaturated/α-hetero) is 2. The molecule has 1 saturated carbocycles. The number of amides is 1. The molecule has 1 amide bonds. The summed E-state index contributed by atoms with van der Waals surface area (Å²) < 4.78 is 0.868. The van der Waals surface area contributed by atoms with Crippen molar-refractivity contribution in [2.75, 3.05) is 7.05 Å². The number of aliphatic hydroxyl groups excluding tert-OH is 2. The van der Waals surface area contributed by atoms with Crippen molar-refractivity contribution >= 4 is 35.0 Å². The van der Waals surface area contributed by atoms with Crippen LogP contribution in [0.15, 0.2) is 35.1 Å². The maximum absolute atomic E-state index is 13.6. The van der Waals surface area contributed by atoms with Crippen LogP contribution in [0.25, 0.3) is 5.76 Å². The summed E-state index contributed by atoms with van der Waals surface area (Å²) in [4.78, 5) is 38.4. The number of aromatic hydroxyl groups is 1. The van der Waals surface area contributed by atoms with Crippen LogP contribution in [0, 0.1) is 11.8 Å². The van der Waals surface area contributed by atoms with Crippen LogP contribution in [0.5, 0.6) is 5.75 Å². The van der Waals surface area contributed by atoms with Gasteiger partial charge in [0.1, 0.15) is 22.8 Å². The molecule has 0 bridgehead atoms. The molecule has 3 aliphatic rings. The number of phenolic OH excluding ortho intramolecular Hbond substituents is 1. The highest BCUT2D eigenvalue weighted by molar-refractivity contribution is 6.26. The van der Waals surface area contributed by atoms with Gasteiger partial charge >= 0.3 is 0 Å². The first-order valence-electron chi connectivity index (χ1n) is 9.69. The number of aliphatic hydroxyl groups is 4. The van der Waals surface area contributed by atoms with Gasteiger partial charge in [-0.2, -0.15) is 0 Å². The third-order valence-corrected chi connectivity index (χ3v) is 7.06. The molecule has 0 heterocycles. The van der Waals surface area contributed by atoms with Crippen molar-refractivity contribution in [1.29, 1.82) is 0 Å². The molecule has 1 unspecified atom stereocenters. The molecule has 0 radical (unpaired) electrons. The number of halogens is 1. The minimum absolute atomic E-state index is 0.137. The molecule has 0 spiro atoms. The molecular weight excluding hydrogens is 444 g/mol. The number of fused-ring (bicyclic) bond motifs is 3. The third kappa shape index (κ3) is 2.54. The second kappa shape index (κ2) is 6.79. The Morgan fingerprint density at radius 3 is 2.41 bits per heavy atom. The molecule has 32 heavy (non-hydrogen) atoms. The van der Waals surface area contributed by atoms with Gasteiger partial charge in [0.15, 0.2) is 11.4 Å². The summed E-state index contributed by atoms with van der Waals surface area (Å²) in [7, 11) is 1.27. The van der Waals surface area contributed by atoms with E-state index in [0.29, 0.717) is 0 Å². The summed E-state index contributed by atoms with van der Waals surface area (Å²) in [6.07, 6.45) is -0.284. The largest absolute Gasteiger partial charge is 0.508 e. The molecule has 5 atom stereocenters. The number of primary amides is 1. The number of benzene rings is 1. The Morgan fingerprint density at radius 1 is 1.22 bits per heavy atom. The van der Waals surface area contributed by atoms with E-state index >= 15 is 0 Å². The van der Waals surface area contributed by atoms with Gasteiger partial charge in [-0.15, -0.1) is 0 Å². The van der Waals surface area contributed by atoms with Crippen molar-refractivity contribution < 1.29 is 39.9 Å². The number of hydrogen-bond donors (Lipinski definition) is 6. The predicted molar refractivity (Wildman–Crippen MR) is 110 cm³/mol. The van der Waals surface area contributed by atoms with E-state index in [0.717, 1.165) is 4.42 Å². The summed E-state index contributed by atoms with van der Waals surface area (Å²) >= 11 is 6.05. The summed E-state index contributed by atoms with van der Waals surface area (Å²) in [6.45, 7) is 1.37. The molecule has 1 aromatic rings. The van der Waals surface area contributed by atoms with Gasteiger partial charge in [-0.25, -0.2) is 4.42 Å². The third-order valence-electron chi connectivity index (χ3n) is 6.85. The normalized spacial score (nSPS) is 34.4. The van der Waals surface area contributed by atoms with Crippen LogP contribution in [-0.4, -0.2) is 66.1 Å². The topological polar surface area (TPSA) is 182 Å². The molecule has 11 heteroatoms. The number of carbonyl (C=O) groups excluding carboxylic acids is 3. The monoisotopic (exact) mass is 464 g/mol. The number of nitrogens with zero attached hydrogens (tertiary/aromatic N) is 1. The second-order valence-electron chi connectivity index (χ2n) is 8.52. The van der Waals surface area contributed by atoms with Gasteiger partial charge in [0.2, 0.25) is 5.78 Å². The van der Waals surface area contributed by atoms with Crippen LogP contribution >= 0.6 is 11.8 Å². The van der Waals surface area contributed by atoms with E-state index < -0.39 is 75.0 Å². The highest BCUT2D eigenvalue weighted by atomic mass is 35.5. The van der Waals surface area contributed by atoms with Crippen LogP contribution in [-0.2, 0) is 20.0 Å². The molecule has 10 nitrogen and oxygen atoms in total. The van der Waals surface area contributed by atoms with E-state index in [-0.39, 0.29) is 17.5 Å². The van der Waals surface area contributed by atoms with E-state index in [4.69, 9.17) is 17.5 Å². The van der Waals surface area contributed by atoms with E-state index in [1.165, 1.54) is 32.2 Å². The van der Waals surface area contributed by atoms with Gasteiger partial charge in [-0.05, 0) is 36.8 Å². The summed E-state index contributed by atoms with van der Waals surface area (Å²) in [6, 6.07) is 2.72. The fourth-order valence-electron chi connectivity index (χ4n) is 5.32. The fraction of sp³-hybridized carbons (Fsp3) is 0.381. The zero-order valence-corrected chi connectivity index (χ0v) is 17.8. The van der Waals surface area contributed by atoms with Gasteiger partial charge < -0.3 is 31.3 Å². The lowest BCUT2D eigenvalue weighted by Gasteiger charge is -2.52. The molecule has 3 aliphatic carbocycles. The van der Waals surface area contributed by atoms with Gasteiger partial charge in [0, 0.05) is 24.5 Å². The Bertz CT molecular complexity index is 1150. The number of hydrogen-bond acceptors (Lipinski definition) is 9. The van der Waals surface area contributed by atoms with Gasteiger partial charge in [-0.1, -0.05) is 12.1 Å². The standard InChI is InChI=1S/C21H21ClN2O8/c1-20(31)7-4-3-5-10(25)11(7)15(26)12-8(20)6-9-14(24(2)22)16(27)13(19(23)30)18(29)21(9,32)17(12)28/h3-5,8-9,14,25-26,29,31-32H,6H2,1-2H3,(H2,23,30)/t8-,9-,14?,20+,21-/m0/s1. The Hall–Kier alpha value is -2.92. The molecule has 4 rings (SSSR count). The van der Waals surface area contributed by atoms with Gasteiger partial charge in [-0.3, -0.25) is 14.4 Å². The minimum Gasteiger partial charge on any atom is -0.508 e. The first kappa shape index (κ1) is 22.3. The first-order valence-corrected chi connectivity index (χ1v) is 10.0. The highest BCUT2D eigenvalue weighted by Gasteiger charge is 2.66. The molecule has 0 saturated heterocycles. The number of rotatable bonds is 2. The molecule has 7 N–H and O–H groups in total. The average molecular weight is 465 g/mol. The molecule has 170 valence electrons. The molecular formula is C21H21ClN2O8. The molecule has 0 aliphatic heterocycles. The summed E-state index contributed by atoms with van der Waals surface area (Å²) in [5, 5.41) is 54.7. The lowest BCUT2D eigenvalue weighted by atomic mass is 9.54. The Labute approximate surface area is 186 Å². The summed E-state index contributed by atoms with van der Waals surface area (Å²) in [5.41, 5.74) is -0.905. The number of carbonyl (C=O) groups is 3. The number of likely N-dealkylation sites (N-methyl/N-ethyl adjacent to an activating group) is 1. The SMILES string of the molecule is CN(Cl)C1C(=O)C(C(N)=O)=C(O)[C@@]2(O)C(=O)C3=C(O)c4c(O)cccc4[C@@](C)(O)[C@H]3C[C@@H]12. The van der Waals surface area contributed by atoms with Crippen molar-refractivity contribution in [3.63, 3.8) is 0 Å². The highest BCUT2D eigenvalue weighted by Crippen LogP contribution is 2.57. The Morgan fingerprint density at radius 2 is 1.84 bits per heavy atom. The molecule has 1 aromatic carbocycles. The van der Waals surface area contributed by atoms with Gasteiger partial charge in [0.05, 0.1) is 17.2 Å². The molecule has 1 fully saturated rings. The second-order valence-corrected chi connectivity index (χ2v) is 9.05. The smallest absolute Gasteiger partial charge is 0.255 e. The van der Waals surface area contributed by atoms with Crippen LogP contribution in [0.4, 0.5) is 0 Å². The van der Waals surface area contributed by atoms with Crippen molar-refractivity contribution in [3.05, 3.63) is 46.2 Å². The number of phenols is 1. The van der Waals surface area contributed by atoms with Gasteiger partial charge in [0.25, 0.3) is 5.91 Å². The first-order chi connectivity index (χ1) is 14.8. The number of nitrogens with two attached hydrogens (primary N) is 1. The van der Waals surface area contributed by atoms with E-state index in [1.807, 2.05) is 0 Å². The quantitative estimate of drug-likeness (QED) is 0.262. The predicted octanol–water partition coefficient (Wildman–Crippen LogP) is 0.153. The van der Waals surface area contributed by atoms with Crippen molar-refractivity contribution in [2.24, 2.45) is 17.6 Å². The zero-order valence-electron chi connectivity index (χ0n) is 17.0. The summed E-state index contributed by atoms with van der Waals surface area (Å²) in [5.74, 6) is -8.45. The van der Waals surface area contributed by atoms with Crippen LogP contribution in [0.3, 0.4) is 0 Å². The van der Waals surface area contributed by atoms with E-state index in [2.05, 4.69) is 0 Å². The average Bonchev–Trinajstić information content (AvgIpc) is 2.68. The van der Waals surface area contributed by atoms with Crippen molar-refractivity contribution in [3.8, 4) is 5.75 Å². The van der Waals surface area contributed by atoms with Crippen LogP contribution in [0.1, 0.15) is 24.5 Å². The zero-order chi connectivity index (χ0) is 23.9. The van der Waals surface area contributed by atoms with Crippen molar-refractivity contribution in [2.45, 2.75) is 30.6 Å². The Balaban J connectivity index is 2.05. The number of ketones is 2. The maximum Gasteiger partial charge on any atom is 0.255 e.